The van der Waals surface area contributed by atoms with E-state index in [1.807, 2.05) is 49.6 Å². The van der Waals surface area contributed by atoms with Crippen LogP contribution < -0.4 is 9.47 Å². The molecule has 272 valence electrons. The molecule has 2 aromatic rings. The monoisotopic (exact) mass is 708 g/mol. The zero-order valence-corrected chi connectivity index (χ0v) is 30.5. The zero-order valence-electron chi connectivity index (χ0n) is 29.7. The maximum Gasteiger partial charge on any atom is 0.409 e. The number of aliphatic hydroxyl groups is 2. The molecule has 2 aliphatic carbocycles. The van der Waals surface area contributed by atoms with Gasteiger partial charge in [0.25, 0.3) is 0 Å². The maximum absolute atomic E-state index is 13.2. The second-order valence-electron chi connectivity index (χ2n) is 13.0. The van der Waals surface area contributed by atoms with Gasteiger partial charge < -0.3 is 38.9 Å². The molecule has 0 aromatic heterocycles. The van der Waals surface area contributed by atoms with Crippen LogP contribution in [0.5, 0.6) is 17.2 Å². The Morgan fingerprint density at radius 1 is 1.10 bits per heavy atom. The lowest BCUT2D eigenvalue weighted by atomic mass is 9.55. The van der Waals surface area contributed by atoms with Crippen molar-refractivity contribution >= 4 is 23.6 Å². The Bertz CT molecular complexity index is 1510. The van der Waals surface area contributed by atoms with E-state index >= 15 is 0 Å². The summed E-state index contributed by atoms with van der Waals surface area (Å²) < 4.78 is 25.6. The third-order valence-corrected chi connectivity index (χ3v) is 10.9. The topological polar surface area (TPSA) is 119 Å². The molecule has 10 nitrogen and oxygen atoms in total. The molecule has 0 bridgehead atoms. The summed E-state index contributed by atoms with van der Waals surface area (Å²) >= 11 is 1.68. The van der Waals surface area contributed by atoms with E-state index in [1.54, 1.807) is 29.8 Å². The molecule has 1 amide bonds. The van der Waals surface area contributed by atoms with Crippen LogP contribution in [-0.4, -0.2) is 85.6 Å². The van der Waals surface area contributed by atoms with Gasteiger partial charge in [-0.25, -0.2) is 4.79 Å². The molecule has 11 heteroatoms. The SMILES string of the molecule is C=CCO[C@@]12Oc3ccc(Oc4ccc(SC)cc4)cc3[C@H]3[C@H](CCCCO)[C@@H](CCCCO)C=C(C(=NOCC)C[C@@H]1N(C)C(=O)OC)[C@H]32. The molecular weight excluding hydrogens is 657 g/mol. The highest BCUT2D eigenvalue weighted by Crippen LogP contribution is 2.62. The van der Waals surface area contributed by atoms with Gasteiger partial charge in [0.2, 0.25) is 5.79 Å². The number of unbranched alkanes of at least 4 members (excludes halogenated alkanes) is 2. The quantitative estimate of drug-likeness (QED) is 0.0743. The van der Waals surface area contributed by atoms with E-state index in [0.717, 1.165) is 53.2 Å². The molecule has 50 heavy (non-hydrogen) atoms. The number of aliphatic hydroxyl groups excluding tert-OH is 2. The summed E-state index contributed by atoms with van der Waals surface area (Å²) in [5.41, 5.74) is 2.73. The average molecular weight is 709 g/mol. The molecule has 0 radical (unpaired) electrons. The Labute approximate surface area is 300 Å². The van der Waals surface area contributed by atoms with E-state index in [9.17, 15) is 15.0 Å². The minimum absolute atomic E-state index is 0.119. The van der Waals surface area contributed by atoms with Gasteiger partial charge in [-0.3, -0.25) is 0 Å². The second kappa shape index (κ2) is 17.6. The normalized spacial score (nSPS) is 25.8. The number of rotatable bonds is 17. The number of ether oxygens (including phenoxy) is 4. The van der Waals surface area contributed by atoms with Crippen LogP contribution in [0.3, 0.4) is 0 Å². The highest BCUT2D eigenvalue weighted by Gasteiger charge is 2.65. The van der Waals surface area contributed by atoms with Crippen molar-refractivity contribution in [3.05, 3.63) is 72.3 Å². The van der Waals surface area contributed by atoms with E-state index in [1.165, 1.54) is 7.11 Å². The molecule has 0 saturated heterocycles. The van der Waals surface area contributed by atoms with Crippen molar-refractivity contribution in [3.8, 4) is 17.2 Å². The number of likely N-dealkylation sites (N-methyl/N-ethyl adjacent to an activating group) is 1. The molecule has 6 atom stereocenters. The van der Waals surface area contributed by atoms with Gasteiger partial charge in [-0.2, -0.15) is 0 Å². The third-order valence-electron chi connectivity index (χ3n) is 10.2. The van der Waals surface area contributed by atoms with Crippen LogP contribution in [0.1, 0.15) is 63.4 Å². The van der Waals surface area contributed by atoms with E-state index in [2.05, 4.69) is 23.9 Å². The minimum Gasteiger partial charge on any atom is -0.459 e. The predicted molar refractivity (Wildman–Crippen MR) is 195 cm³/mol. The van der Waals surface area contributed by atoms with Crippen LogP contribution in [-0.2, 0) is 14.3 Å². The number of amides is 1. The predicted octanol–water partition coefficient (Wildman–Crippen LogP) is 7.55. The number of hydrogen-bond donors (Lipinski definition) is 2. The summed E-state index contributed by atoms with van der Waals surface area (Å²) in [7, 11) is 3.07. The van der Waals surface area contributed by atoms with Crippen molar-refractivity contribution in [2.24, 2.45) is 22.9 Å². The van der Waals surface area contributed by atoms with Gasteiger partial charge in [-0.1, -0.05) is 30.1 Å². The number of fused-ring (bicyclic) bond motifs is 2. The van der Waals surface area contributed by atoms with Crippen LogP contribution in [0.2, 0.25) is 0 Å². The van der Waals surface area contributed by atoms with Crippen molar-refractivity contribution in [3.63, 3.8) is 0 Å². The first-order valence-electron chi connectivity index (χ1n) is 17.7. The Kier molecular flexibility index (Phi) is 13.3. The first kappa shape index (κ1) is 37.7. The zero-order chi connectivity index (χ0) is 35.7. The lowest BCUT2D eigenvalue weighted by Crippen LogP contribution is -2.69. The first-order valence-corrected chi connectivity index (χ1v) is 18.9. The Morgan fingerprint density at radius 3 is 2.48 bits per heavy atom. The molecule has 2 aromatic carbocycles. The highest BCUT2D eigenvalue weighted by atomic mass is 32.2. The van der Waals surface area contributed by atoms with E-state index in [0.29, 0.717) is 37.4 Å². The van der Waals surface area contributed by atoms with Gasteiger partial charge in [-0.05, 0) is 98.7 Å². The van der Waals surface area contributed by atoms with Crippen molar-refractivity contribution in [2.75, 3.05) is 46.8 Å². The lowest BCUT2D eigenvalue weighted by molar-refractivity contribution is -0.253. The standard InChI is InChI=1S/C39H52N2O8S/c1-6-22-46-39-35(41(3)38(44)45-4)25-33(40-47-7-2)31-23-26(12-8-10-20-42)30(13-9-11-21-43)36(37(31)39)32-24-28(16-19-34(32)49-39)48-27-14-17-29(50-5)18-15-27/h6,14-19,23-24,26,30,35-37,42-43H,1,7-13,20-22,25H2,2-5H3/t26-,30+,35-,36+,37+,39+/m0/s1. The molecule has 0 spiro atoms. The van der Waals surface area contributed by atoms with Crippen molar-refractivity contribution in [2.45, 2.75) is 74.5 Å². The van der Waals surface area contributed by atoms with Crippen LogP contribution in [0.25, 0.3) is 0 Å². The van der Waals surface area contributed by atoms with Gasteiger partial charge in [-0.15, -0.1) is 18.3 Å². The van der Waals surface area contributed by atoms with E-state index < -0.39 is 17.9 Å². The summed E-state index contributed by atoms with van der Waals surface area (Å²) in [6.07, 6.45) is 10.7. The summed E-state index contributed by atoms with van der Waals surface area (Å²) in [5, 5.41) is 24.2. The number of hydrogen-bond acceptors (Lipinski definition) is 10. The highest BCUT2D eigenvalue weighted by molar-refractivity contribution is 7.98. The van der Waals surface area contributed by atoms with Gasteiger partial charge in [0.15, 0.2) is 0 Å². The molecule has 0 unspecified atom stereocenters. The molecule has 1 saturated carbocycles. The van der Waals surface area contributed by atoms with Crippen molar-refractivity contribution in [1.29, 1.82) is 0 Å². The summed E-state index contributed by atoms with van der Waals surface area (Å²) in [6.45, 7) is 6.68. The fourth-order valence-corrected chi connectivity index (χ4v) is 8.39. The number of benzene rings is 2. The van der Waals surface area contributed by atoms with Crippen molar-refractivity contribution in [1.82, 2.24) is 4.90 Å². The largest absolute Gasteiger partial charge is 0.459 e. The first-order chi connectivity index (χ1) is 24.3. The Hall–Kier alpha value is -3.51. The van der Waals surface area contributed by atoms with E-state index in [-0.39, 0.29) is 43.5 Å². The molecule has 1 heterocycles. The molecule has 1 fully saturated rings. The molecular formula is C39H52N2O8S. The minimum atomic E-state index is -1.31. The number of carbonyl (C=O) groups excluding carboxylic acids is 1. The number of nitrogens with zero attached hydrogens (tertiary/aromatic N) is 2. The van der Waals surface area contributed by atoms with Gasteiger partial charge in [0.1, 0.15) is 29.9 Å². The maximum atomic E-state index is 13.2. The van der Waals surface area contributed by atoms with Crippen LogP contribution in [0, 0.1) is 17.8 Å². The molecule has 5 rings (SSSR count). The number of oxime groups is 1. The fourth-order valence-electron chi connectivity index (χ4n) is 7.98. The Morgan fingerprint density at radius 2 is 1.82 bits per heavy atom. The van der Waals surface area contributed by atoms with Crippen LogP contribution in [0.15, 0.2) is 76.8 Å². The summed E-state index contributed by atoms with van der Waals surface area (Å²) in [5.74, 6) is 0.517. The smallest absolute Gasteiger partial charge is 0.409 e. The molecule has 1 aliphatic heterocycles. The third kappa shape index (κ3) is 7.86. The van der Waals surface area contributed by atoms with Crippen molar-refractivity contribution < 1.29 is 38.8 Å². The molecule has 2 N–H and O–H groups in total. The summed E-state index contributed by atoms with van der Waals surface area (Å²) in [4.78, 5) is 21.7. The number of allylic oxidation sites excluding steroid dienone is 1. The van der Waals surface area contributed by atoms with Gasteiger partial charge in [0.05, 0.1) is 25.3 Å². The number of thioether (sulfide) groups is 1. The number of carbonyl (C=O) groups is 1. The number of methoxy groups -OCH3 is 1. The van der Waals surface area contributed by atoms with Gasteiger partial charge in [0, 0.05) is 43.1 Å². The fraction of sp³-hybridized carbons (Fsp3) is 0.538. The van der Waals surface area contributed by atoms with Crippen LogP contribution >= 0.6 is 11.8 Å². The average Bonchev–Trinajstić information content (AvgIpc) is 3.14. The second-order valence-corrected chi connectivity index (χ2v) is 13.9. The van der Waals surface area contributed by atoms with Gasteiger partial charge >= 0.3 is 6.09 Å². The lowest BCUT2D eigenvalue weighted by Gasteiger charge is -2.59. The van der Waals surface area contributed by atoms with Crippen LogP contribution in [0.4, 0.5) is 4.79 Å². The van der Waals surface area contributed by atoms with E-state index in [4.69, 9.17) is 23.8 Å². The molecule has 3 aliphatic rings. The summed E-state index contributed by atoms with van der Waals surface area (Å²) in [6, 6.07) is 13.3. The Balaban J connectivity index is 1.73.